The zero-order valence-corrected chi connectivity index (χ0v) is 21.7. The normalized spacial score (nSPS) is 18.9. The van der Waals surface area contributed by atoms with Crippen LogP contribution in [-0.2, 0) is 11.2 Å². The van der Waals surface area contributed by atoms with Crippen molar-refractivity contribution in [2.75, 3.05) is 27.5 Å². The second kappa shape index (κ2) is 9.59. The third-order valence-corrected chi connectivity index (χ3v) is 8.01. The number of amides is 2. The first-order valence-electron chi connectivity index (χ1n) is 13.3. The van der Waals surface area contributed by atoms with Gasteiger partial charge in [-0.25, -0.2) is 4.98 Å². The molecule has 2 aromatic carbocycles. The van der Waals surface area contributed by atoms with Crippen LogP contribution in [0.25, 0.3) is 0 Å². The predicted octanol–water partition coefficient (Wildman–Crippen LogP) is 5.32. The number of anilines is 5. The molecule has 2 N–H and O–H groups in total. The zero-order valence-electron chi connectivity index (χ0n) is 21.7. The van der Waals surface area contributed by atoms with Gasteiger partial charge in [-0.3, -0.25) is 14.4 Å². The van der Waals surface area contributed by atoms with E-state index >= 15 is 0 Å². The van der Waals surface area contributed by atoms with Crippen LogP contribution in [0.5, 0.6) is 0 Å². The molecule has 3 aromatic rings. The molecule has 0 saturated heterocycles. The van der Waals surface area contributed by atoms with Crippen LogP contribution in [0.4, 0.5) is 28.6 Å². The number of nitrogens with zero attached hydrogens (tertiary/aromatic N) is 3. The molecule has 8 heteroatoms. The van der Waals surface area contributed by atoms with E-state index in [-0.39, 0.29) is 23.6 Å². The van der Waals surface area contributed by atoms with Crippen LogP contribution in [0.1, 0.15) is 65.3 Å². The minimum Gasteiger partial charge on any atom is -0.355 e. The number of carbonyl (C=O) groups is 3. The van der Waals surface area contributed by atoms with Gasteiger partial charge in [-0.1, -0.05) is 18.9 Å². The number of nitrogens with one attached hydrogen (secondary N) is 2. The van der Waals surface area contributed by atoms with Gasteiger partial charge < -0.3 is 20.4 Å². The van der Waals surface area contributed by atoms with E-state index in [0.717, 1.165) is 41.0 Å². The number of hydrogen-bond donors (Lipinski definition) is 2. The standard InChI is InChI=1S/C30H31N5O3/c1-18-30(38)34(2)26-17-31-28(16-25(26)35(18)23-8-3-4-9-23)32-21-7-5-6-20(15-21)29(37)33-22-11-12-24-19(14-22)10-13-27(24)36/h5-7,11-12,14-18,23H,3-4,8-10,13H2,1-2H3,(H,31,32)(H,33,37). The van der Waals surface area contributed by atoms with Crippen molar-refractivity contribution in [1.82, 2.24) is 4.98 Å². The first-order valence-corrected chi connectivity index (χ1v) is 13.3. The summed E-state index contributed by atoms with van der Waals surface area (Å²) in [7, 11) is 1.80. The molecular weight excluding hydrogens is 478 g/mol. The highest BCUT2D eigenvalue weighted by Gasteiger charge is 2.38. The Labute approximate surface area is 222 Å². The Hall–Kier alpha value is -4.20. The van der Waals surface area contributed by atoms with Crippen LogP contribution in [0.2, 0.25) is 0 Å². The summed E-state index contributed by atoms with van der Waals surface area (Å²) in [6.07, 6.45) is 7.53. The maximum atomic E-state index is 13.0. The molecule has 2 aliphatic carbocycles. The second-order valence-corrected chi connectivity index (χ2v) is 10.4. The van der Waals surface area contributed by atoms with Crippen molar-refractivity contribution >= 4 is 46.2 Å². The van der Waals surface area contributed by atoms with E-state index in [1.165, 1.54) is 12.8 Å². The molecule has 6 rings (SSSR count). The van der Waals surface area contributed by atoms with Crippen molar-refractivity contribution in [1.29, 1.82) is 0 Å². The van der Waals surface area contributed by atoms with Gasteiger partial charge in [0.15, 0.2) is 5.78 Å². The molecule has 1 atom stereocenters. The lowest BCUT2D eigenvalue weighted by Crippen LogP contribution is -2.54. The van der Waals surface area contributed by atoms with Crippen LogP contribution in [0.3, 0.4) is 0 Å². The number of likely N-dealkylation sites (N-methyl/N-ethyl adjacent to an activating group) is 1. The lowest BCUT2D eigenvalue weighted by Gasteiger charge is -2.43. The number of hydrogen-bond acceptors (Lipinski definition) is 6. The molecule has 194 valence electrons. The van der Waals surface area contributed by atoms with Crippen LogP contribution in [0.15, 0.2) is 54.7 Å². The van der Waals surface area contributed by atoms with Crippen LogP contribution in [-0.4, -0.2) is 41.7 Å². The number of fused-ring (bicyclic) bond motifs is 2. The number of ketones is 1. The number of benzene rings is 2. The summed E-state index contributed by atoms with van der Waals surface area (Å²) in [6.45, 7) is 1.98. The van der Waals surface area contributed by atoms with E-state index in [1.807, 2.05) is 31.2 Å². The van der Waals surface area contributed by atoms with Crippen molar-refractivity contribution in [2.24, 2.45) is 0 Å². The van der Waals surface area contributed by atoms with Crippen molar-refractivity contribution in [2.45, 2.75) is 57.5 Å². The van der Waals surface area contributed by atoms with Gasteiger partial charge in [0, 0.05) is 48.1 Å². The number of aryl methyl sites for hydroxylation is 1. The maximum absolute atomic E-state index is 13.0. The average molecular weight is 510 g/mol. The highest BCUT2D eigenvalue weighted by Crippen LogP contribution is 2.41. The molecule has 2 amide bonds. The van der Waals surface area contributed by atoms with Gasteiger partial charge in [0.1, 0.15) is 11.9 Å². The second-order valence-electron chi connectivity index (χ2n) is 10.4. The minimum absolute atomic E-state index is 0.0839. The quantitative estimate of drug-likeness (QED) is 0.483. The molecule has 2 heterocycles. The number of Topliss-reactive ketones (excluding diaryl/α,β-unsaturated/α-hetero) is 1. The van der Waals surface area contributed by atoms with E-state index < -0.39 is 0 Å². The number of carbonyl (C=O) groups excluding carboxylic acids is 3. The van der Waals surface area contributed by atoms with Gasteiger partial charge in [-0.05, 0) is 68.1 Å². The Morgan fingerprint density at radius 1 is 0.974 bits per heavy atom. The van der Waals surface area contributed by atoms with Crippen LogP contribution in [0, 0.1) is 0 Å². The summed E-state index contributed by atoms with van der Waals surface area (Å²) in [5.74, 6) is 0.673. The summed E-state index contributed by atoms with van der Waals surface area (Å²) in [6, 6.07) is 14.9. The Kier molecular flexibility index (Phi) is 6.10. The maximum Gasteiger partial charge on any atom is 0.255 e. The van der Waals surface area contributed by atoms with E-state index in [1.54, 1.807) is 42.4 Å². The summed E-state index contributed by atoms with van der Waals surface area (Å²) >= 11 is 0. The smallest absolute Gasteiger partial charge is 0.255 e. The molecule has 38 heavy (non-hydrogen) atoms. The van der Waals surface area contributed by atoms with E-state index in [4.69, 9.17) is 0 Å². The highest BCUT2D eigenvalue weighted by atomic mass is 16.2. The highest BCUT2D eigenvalue weighted by molar-refractivity contribution is 6.07. The fourth-order valence-corrected chi connectivity index (χ4v) is 6.02. The number of aromatic nitrogens is 1. The summed E-state index contributed by atoms with van der Waals surface area (Å²) in [5.41, 5.74) is 5.49. The lowest BCUT2D eigenvalue weighted by molar-refractivity contribution is -0.119. The SMILES string of the molecule is CC1C(=O)N(C)c2cnc(Nc3cccc(C(=O)Nc4ccc5c(c4)CCC5=O)c3)cc2N1C1CCCC1. The molecule has 0 bridgehead atoms. The fourth-order valence-electron chi connectivity index (χ4n) is 6.02. The monoisotopic (exact) mass is 509 g/mol. The largest absolute Gasteiger partial charge is 0.355 e. The Morgan fingerprint density at radius 2 is 1.79 bits per heavy atom. The first kappa shape index (κ1) is 24.2. The third-order valence-electron chi connectivity index (χ3n) is 8.01. The third kappa shape index (κ3) is 4.30. The lowest BCUT2D eigenvalue weighted by atomic mass is 10.0. The Morgan fingerprint density at radius 3 is 2.61 bits per heavy atom. The van der Waals surface area contributed by atoms with E-state index in [9.17, 15) is 14.4 Å². The first-order chi connectivity index (χ1) is 18.4. The molecule has 1 aromatic heterocycles. The molecule has 8 nitrogen and oxygen atoms in total. The number of rotatable bonds is 5. The molecule has 1 fully saturated rings. The minimum atomic E-state index is -0.227. The van der Waals surface area contributed by atoms with Crippen LogP contribution < -0.4 is 20.4 Å². The molecular formula is C30H31N5O3. The van der Waals surface area contributed by atoms with Gasteiger partial charge in [0.05, 0.1) is 17.6 Å². The summed E-state index contributed by atoms with van der Waals surface area (Å²) in [4.78, 5) is 46.4. The molecule has 1 aliphatic heterocycles. The van der Waals surface area contributed by atoms with Gasteiger partial charge in [-0.15, -0.1) is 0 Å². The fraction of sp³-hybridized carbons (Fsp3) is 0.333. The number of pyridine rings is 1. The van der Waals surface area contributed by atoms with Crippen molar-refractivity contribution in [3.05, 3.63) is 71.4 Å². The topological polar surface area (TPSA) is 94.6 Å². The summed E-state index contributed by atoms with van der Waals surface area (Å²) < 4.78 is 0. The average Bonchev–Trinajstić information content (AvgIpc) is 3.58. The van der Waals surface area contributed by atoms with Gasteiger partial charge in [0.25, 0.3) is 5.91 Å². The Bertz CT molecular complexity index is 1450. The molecule has 1 saturated carbocycles. The molecule has 1 unspecified atom stereocenters. The van der Waals surface area contributed by atoms with E-state index in [0.29, 0.717) is 36.0 Å². The molecule has 0 spiro atoms. The van der Waals surface area contributed by atoms with Crippen molar-refractivity contribution in [3.8, 4) is 0 Å². The molecule has 0 radical (unpaired) electrons. The zero-order chi connectivity index (χ0) is 26.4. The van der Waals surface area contributed by atoms with Crippen LogP contribution >= 0.6 is 0 Å². The van der Waals surface area contributed by atoms with Gasteiger partial charge in [0.2, 0.25) is 5.91 Å². The van der Waals surface area contributed by atoms with Crippen molar-refractivity contribution < 1.29 is 14.4 Å². The summed E-state index contributed by atoms with van der Waals surface area (Å²) in [5, 5.41) is 6.29. The van der Waals surface area contributed by atoms with E-state index in [2.05, 4.69) is 20.5 Å². The van der Waals surface area contributed by atoms with Crippen molar-refractivity contribution in [3.63, 3.8) is 0 Å². The van der Waals surface area contributed by atoms with Gasteiger partial charge in [-0.2, -0.15) is 0 Å². The molecule has 3 aliphatic rings. The predicted molar refractivity (Wildman–Crippen MR) is 149 cm³/mol. The van der Waals surface area contributed by atoms with Gasteiger partial charge >= 0.3 is 0 Å². The Balaban J connectivity index is 1.22.